The number of amides is 2. The van der Waals surface area contributed by atoms with E-state index in [4.69, 9.17) is 4.74 Å². The summed E-state index contributed by atoms with van der Waals surface area (Å²) in [6, 6.07) is 6.66. The summed E-state index contributed by atoms with van der Waals surface area (Å²) in [5, 5.41) is 2.71. The van der Waals surface area contributed by atoms with E-state index in [9.17, 15) is 9.59 Å². The molecule has 2 amide bonds. The van der Waals surface area contributed by atoms with Crippen molar-refractivity contribution in [2.45, 2.75) is 19.4 Å². The van der Waals surface area contributed by atoms with Crippen LogP contribution in [0.2, 0.25) is 0 Å². The lowest BCUT2D eigenvalue weighted by Gasteiger charge is -2.23. The van der Waals surface area contributed by atoms with Crippen LogP contribution in [0.15, 0.2) is 24.3 Å². The number of para-hydroxylation sites is 1. The predicted molar refractivity (Wildman–Crippen MR) is 72.2 cm³/mol. The number of ether oxygens (including phenoxy) is 1. The van der Waals surface area contributed by atoms with E-state index in [1.165, 1.54) is 0 Å². The van der Waals surface area contributed by atoms with Crippen molar-refractivity contribution >= 4 is 17.5 Å². The standard InChI is InChI=1S/C14H18N2O3/c1-10-14(18)16(8-5-9-19-2)12-7-4-3-6-11(12)13(17)15-10/h3-4,6-7,10H,5,8-9H2,1-2H3,(H,15,17). The lowest BCUT2D eigenvalue weighted by molar-refractivity contribution is -0.120. The highest BCUT2D eigenvalue weighted by Gasteiger charge is 2.30. The zero-order valence-electron chi connectivity index (χ0n) is 11.2. The molecule has 0 radical (unpaired) electrons. The van der Waals surface area contributed by atoms with Crippen LogP contribution < -0.4 is 10.2 Å². The quantitative estimate of drug-likeness (QED) is 0.829. The van der Waals surface area contributed by atoms with Crippen molar-refractivity contribution in [2.75, 3.05) is 25.2 Å². The van der Waals surface area contributed by atoms with E-state index >= 15 is 0 Å². The van der Waals surface area contributed by atoms with E-state index in [-0.39, 0.29) is 11.8 Å². The number of carbonyl (C=O) groups is 2. The van der Waals surface area contributed by atoms with Crippen LogP contribution in [0.3, 0.4) is 0 Å². The zero-order valence-corrected chi connectivity index (χ0v) is 11.2. The molecule has 1 aliphatic heterocycles. The van der Waals surface area contributed by atoms with Gasteiger partial charge in [-0.05, 0) is 25.5 Å². The summed E-state index contributed by atoms with van der Waals surface area (Å²) in [5.41, 5.74) is 1.21. The van der Waals surface area contributed by atoms with Gasteiger partial charge in [-0.3, -0.25) is 9.59 Å². The summed E-state index contributed by atoms with van der Waals surface area (Å²) in [6.45, 7) is 2.83. The molecule has 0 saturated carbocycles. The molecule has 0 bridgehead atoms. The Balaban J connectivity index is 2.34. The van der Waals surface area contributed by atoms with Gasteiger partial charge in [0.2, 0.25) is 5.91 Å². The number of carbonyl (C=O) groups excluding carboxylic acids is 2. The summed E-state index contributed by atoms with van der Waals surface area (Å²) in [4.78, 5) is 26.0. The van der Waals surface area contributed by atoms with Gasteiger partial charge in [-0.25, -0.2) is 0 Å². The van der Waals surface area contributed by atoms with Crippen molar-refractivity contribution in [3.63, 3.8) is 0 Å². The first-order valence-electron chi connectivity index (χ1n) is 6.35. The van der Waals surface area contributed by atoms with Gasteiger partial charge in [0.05, 0.1) is 11.3 Å². The van der Waals surface area contributed by atoms with E-state index in [1.54, 1.807) is 37.1 Å². The van der Waals surface area contributed by atoms with Crippen molar-refractivity contribution < 1.29 is 14.3 Å². The van der Waals surface area contributed by atoms with Crippen LogP contribution in [0.4, 0.5) is 5.69 Å². The average Bonchev–Trinajstić information content (AvgIpc) is 2.50. The van der Waals surface area contributed by atoms with Crippen LogP contribution in [0.25, 0.3) is 0 Å². The Morgan fingerprint density at radius 2 is 2.05 bits per heavy atom. The third-order valence-corrected chi connectivity index (χ3v) is 3.15. The minimum absolute atomic E-state index is 0.0885. The maximum Gasteiger partial charge on any atom is 0.254 e. The lowest BCUT2D eigenvalue weighted by Crippen LogP contribution is -2.44. The molecule has 0 aromatic heterocycles. The maximum absolute atomic E-state index is 12.3. The number of hydrogen-bond donors (Lipinski definition) is 1. The number of nitrogens with zero attached hydrogens (tertiary/aromatic N) is 1. The van der Waals surface area contributed by atoms with Crippen LogP contribution in [0.1, 0.15) is 23.7 Å². The number of rotatable bonds is 4. The first kappa shape index (κ1) is 13.5. The van der Waals surface area contributed by atoms with Crippen molar-refractivity contribution in [1.29, 1.82) is 0 Å². The molecule has 0 spiro atoms. The summed E-state index contributed by atoms with van der Waals surface area (Å²) in [5.74, 6) is -0.292. The molecule has 2 rings (SSSR count). The lowest BCUT2D eigenvalue weighted by atomic mass is 10.1. The Morgan fingerprint density at radius 1 is 1.32 bits per heavy atom. The van der Waals surface area contributed by atoms with Gasteiger partial charge in [0.1, 0.15) is 6.04 Å². The van der Waals surface area contributed by atoms with Gasteiger partial charge >= 0.3 is 0 Å². The molecule has 1 aromatic carbocycles. The van der Waals surface area contributed by atoms with Gasteiger partial charge in [0.25, 0.3) is 5.91 Å². The minimum Gasteiger partial charge on any atom is -0.385 e. The molecular formula is C14H18N2O3. The highest BCUT2D eigenvalue weighted by molar-refractivity contribution is 6.10. The van der Waals surface area contributed by atoms with Gasteiger partial charge in [-0.15, -0.1) is 0 Å². The molecule has 1 unspecified atom stereocenters. The van der Waals surface area contributed by atoms with E-state index in [2.05, 4.69) is 5.32 Å². The second-order valence-electron chi connectivity index (χ2n) is 4.55. The van der Waals surface area contributed by atoms with Gasteiger partial charge in [-0.1, -0.05) is 12.1 Å². The Bertz CT molecular complexity index is 487. The van der Waals surface area contributed by atoms with Crippen LogP contribution in [0.5, 0.6) is 0 Å². The van der Waals surface area contributed by atoms with Gasteiger partial charge in [0.15, 0.2) is 0 Å². The fraction of sp³-hybridized carbons (Fsp3) is 0.429. The van der Waals surface area contributed by atoms with Crippen molar-refractivity contribution in [3.8, 4) is 0 Å². The van der Waals surface area contributed by atoms with Gasteiger partial charge in [-0.2, -0.15) is 0 Å². The number of benzene rings is 1. The fourth-order valence-corrected chi connectivity index (χ4v) is 2.19. The molecular weight excluding hydrogens is 244 g/mol. The summed E-state index contributed by atoms with van der Waals surface area (Å²) < 4.78 is 5.01. The largest absolute Gasteiger partial charge is 0.385 e. The summed E-state index contributed by atoms with van der Waals surface area (Å²) in [6.07, 6.45) is 0.734. The zero-order chi connectivity index (χ0) is 13.8. The molecule has 19 heavy (non-hydrogen) atoms. The molecule has 1 heterocycles. The first-order chi connectivity index (χ1) is 9.15. The number of hydrogen-bond acceptors (Lipinski definition) is 3. The first-order valence-corrected chi connectivity index (χ1v) is 6.35. The van der Waals surface area contributed by atoms with E-state index in [0.717, 1.165) is 6.42 Å². The number of fused-ring (bicyclic) bond motifs is 1. The molecule has 5 nitrogen and oxygen atoms in total. The van der Waals surface area contributed by atoms with E-state index in [0.29, 0.717) is 24.4 Å². The summed E-state index contributed by atoms with van der Waals surface area (Å²) >= 11 is 0. The van der Waals surface area contributed by atoms with Crippen LogP contribution in [0, 0.1) is 0 Å². The maximum atomic E-state index is 12.3. The Labute approximate surface area is 112 Å². The number of methoxy groups -OCH3 is 1. The van der Waals surface area contributed by atoms with Crippen LogP contribution in [-0.4, -0.2) is 38.1 Å². The third-order valence-electron chi connectivity index (χ3n) is 3.15. The Kier molecular flexibility index (Phi) is 4.16. The van der Waals surface area contributed by atoms with E-state index in [1.807, 2.05) is 6.07 Å². The van der Waals surface area contributed by atoms with Crippen molar-refractivity contribution in [2.24, 2.45) is 0 Å². The average molecular weight is 262 g/mol. The molecule has 1 atom stereocenters. The Hall–Kier alpha value is -1.88. The van der Waals surface area contributed by atoms with Crippen molar-refractivity contribution in [3.05, 3.63) is 29.8 Å². The molecule has 5 heteroatoms. The third kappa shape index (κ3) is 2.76. The Morgan fingerprint density at radius 3 is 2.79 bits per heavy atom. The smallest absolute Gasteiger partial charge is 0.254 e. The molecule has 1 aromatic rings. The molecule has 102 valence electrons. The molecule has 0 fully saturated rings. The van der Waals surface area contributed by atoms with Gasteiger partial charge in [0, 0.05) is 20.3 Å². The molecule has 0 aliphatic carbocycles. The highest BCUT2D eigenvalue weighted by Crippen LogP contribution is 2.24. The van der Waals surface area contributed by atoms with E-state index < -0.39 is 6.04 Å². The van der Waals surface area contributed by atoms with Gasteiger partial charge < -0.3 is 15.0 Å². The molecule has 1 N–H and O–H groups in total. The second kappa shape index (κ2) is 5.84. The van der Waals surface area contributed by atoms with Crippen LogP contribution in [-0.2, 0) is 9.53 Å². The highest BCUT2D eigenvalue weighted by atomic mass is 16.5. The SMILES string of the molecule is COCCCN1C(=O)C(C)NC(=O)c2ccccc21. The second-order valence-corrected chi connectivity index (χ2v) is 4.55. The summed E-state index contributed by atoms with van der Waals surface area (Å²) in [7, 11) is 1.63. The monoisotopic (exact) mass is 262 g/mol. The van der Waals surface area contributed by atoms with Crippen molar-refractivity contribution in [1.82, 2.24) is 5.32 Å². The molecule has 0 saturated heterocycles. The number of anilines is 1. The molecule has 1 aliphatic rings. The number of nitrogens with one attached hydrogen (secondary N) is 1. The van der Waals surface area contributed by atoms with Crippen LogP contribution >= 0.6 is 0 Å². The predicted octanol–water partition coefficient (Wildman–Crippen LogP) is 1.19. The topological polar surface area (TPSA) is 58.6 Å². The minimum atomic E-state index is -0.512. The fourth-order valence-electron chi connectivity index (χ4n) is 2.19. The normalized spacial score (nSPS) is 18.8.